The molecule has 0 aliphatic carbocycles. The predicted octanol–water partition coefficient (Wildman–Crippen LogP) is 2.88. The second kappa shape index (κ2) is 9.79. The van der Waals surface area contributed by atoms with Crippen LogP contribution in [0, 0.1) is 6.92 Å². The predicted molar refractivity (Wildman–Crippen MR) is 120 cm³/mol. The molecule has 0 radical (unpaired) electrons. The Kier molecular flexibility index (Phi) is 6.91. The molecule has 4 N–H and O–H groups in total. The molecule has 156 valence electrons. The van der Waals surface area contributed by atoms with Gasteiger partial charge in [0.2, 0.25) is 11.1 Å². The normalized spacial score (nSPS) is 11.2. The van der Waals surface area contributed by atoms with E-state index in [0.717, 1.165) is 28.3 Å². The van der Waals surface area contributed by atoms with Gasteiger partial charge in [-0.05, 0) is 38.1 Å². The van der Waals surface area contributed by atoms with Crippen LogP contribution in [0.3, 0.4) is 0 Å². The van der Waals surface area contributed by atoms with Crippen molar-refractivity contribution in [3.8, 4) is 5.75 Å². The van der Waals surface area contributed by atoms with Crippen LogP contribution >= 0.6 is 11.8 Å². The number of nitrogen functional groups attached to an aromatic ring is 1. The molecule has 0 saturated carbocycles. The number of methoxy groups -OCH3 is 1. The van der Waals surface area contributed by atoms with Gasteiger partial charge in [-0.2, -0.15) is 5.10 Å². The summed E-state index contributed by atoms with van der Waals surface area (Å²) in [6.07, 6.45) is 0. The molecule has 0 atom stereocenters. The molecule has 3 rings (SSSR count). The van der Waals surface area contributed by atoms with Crippen molar-refractivity contribution in [1.82, 2.24) is 14.9 Å². The Morgan fingerprint density at radius 2 is 2.00 bits per heavy atom. The van der Waals surface area contributed by atoms with E-state index >= 15 is 0 Å². The summed E-state index contributed by atoms with van der Waals surface area (Å²) in [5, 5.41) is 15.5. The van der Waals surface area contributed by atoms with Crippen molar-refractivity contribution < 1.29 is 9.53 Å². The topological polar surface area (TPSA) is 119 Å². The summed E-state index contributed by atoms with van der Waals surface area (Å²) in [7, 11) is 1.61. The number of carbonyl (C=O) groups excluding carboxylic acids is 1. The molecule has 3 aromatic rings. The zero-order valence-corrected chi connectivity index (χ0v) is 17.7. The van der Waals surface area contributed by atoms with Gasteiger partial charge in [0.1, 0.15) is 5.75 Å². The maximum absolute atomic E-state index is 12.1. The molecule has 1 aromatic heterocycles. The number of hydrogen-bond acceptors (Lipinski definition) is 8. The third kappa shape index (κ3) is 5.51. The Labute approximate surface area is 178 Å². The highest BCUT2D eigenvalue weighted by Crippen LogP contribution is 2.18. The lowest BCUT2D eigenvalue weighted by Crippen LogP contribution is -2.17. The zero-order valence-electron chi connectivity index (χ0n) is 16.9. The Balaban J connectivity index is 1.57. The standard InChI is InChI=1S/C20H23N7O2S/c1-13-7-9-16(10-8-13)22-18(28)12-30-20-26-25-19(27(20)21)24-23-14(2)15-5-4-6-17(11-15)29-3/h4-11H,12,21H2,1-3H3,(H,22,28)(H,24,25)/b23-14+. The number of hydrazone groups is 1. The number of nitrogens with one attached hydrogen (secondary N) is 2. The van der Waals surface area contributed by atoms with E-state index in [9.17, 15) is 4.79 Å². The summed E-state index contributed by atoms with van der Waals surface area (Å²) in [5.74, 6) is 7.01. The van der Waals surface area contributed by atoms with Crippen LogP contribution in [0.5, 0.6) is 5.75 Å². The molecule has 0 aliphatic rings. The summed E-state index contributed by atoms with van der Waals surface area (Å²) in [6.45, 7) is 3.84. The monoisotopic (exact) mass is 425 g/mol. The molecule has 1 amide bonds. The molecule has 0 spiro atoms. The minimum absolute atomic E-state index is 0.148. The highest BCUT2D eigenvalue weighted by atomic mass is 32.2. The summed E-state index contributed by atoms with van der Waals surface area (Å²) in [6, 6.07) is 15.1. The van der Waals surface area contributed by atoms with E-state index in [0.29, 0.717) is 5.16 Å². The largest absolute Gasteiger partial charge is 0.497 e. The number of rotatable bonds is 8. The van der Waals surface area contributed by atoms with Gasteiger partial charge < -0.3 is 15.9 Å². The van der Waals surface area contributed by atoms with Gasteiger partial charge in [0.05, 0.1) is 18.6 Å². The zero-order chi connectivity index (χ0) is 21.5. The molecule has 0 unspecified atom stereocenters. The number of benzene rings is 2. The molecule has 0 fully saturated rings. The number of carbonyl (C=O) groups is 1. The van der Waals surface area contributed by atoms with E-state index in [2.05, 4.69) is 26.0 Å². The first kappa shape index (κ1) is 21.2. The lowest BCUT2D eigenvalue weighted by atomic mass is 10.1. The van der Waals surface area contributed by atoms with Gasteiger partial charge in [-0.25, -0.2) is 10.1 Å². The fraction of sp³-hybridized carbons (Fsp3) is 0.200. The summed E-state index contributed by atoms with van der Waals surface area (Å²) < 4.78 is 6.48. The summed E-state index contributed by atoms with van der Waals surface area (Å²) in [5.41, 5.74) is 6.29. The lowest BCUT2D eigenvalue weighted by molar-refractivity contribution is -0.113. The van der Waals surface area contributed by atoms with Gasteiger partial charge in [0.25, 0.3) is 5.95 Å². The second-order valence-electron chi connectivity index (χ2n) is 6.42. The van der Waals surface area contributed by atoms with Crippen LogP contribution in [-0.2, 0) is 4.79 Å². The number of amides is 1. The number of hydrogen-bond donors (Lipinski definition) is 3. The quantitative estimate of drug-likeness (QED) is 0.220. The van der Waals surface area contributed by atoms with Crippen molar-refractivity contribution >= 4 is 35.0 Å². The van der Waals surface area contributed by atoms with Gasteiger partial charge in [-0.1, -0.05) is 41.6 Å². The van der Waals surface area contributed by atoms with E-state index in [1.807, 2.05) is 62.4 Å². The van der Waals surface area contributed by atoms with Crippen molar-refractivity contribution in [1.29, 1.82) is 0 Å². The van der Waals surface area contributed by atoms with Crippen LogP contribution in [0.25, 0.3) is 0 Å². The molecular weight excluding hydrogens is 402 g/mol. The first-order valence-electron chi connectivity index (χ1n) is 9.11. The number of ether oxygens (including phenoxy) is 1. The fourth-order valence-corrected chi connectivity index (χ4v) is 3.12. The smallest absolute Gasteiger partial charge is 0.264 e. The Hall–Kier alpha value is -3.53. The molecule has 9 nitrogen and oxygen atoms in total. The minimum atomic E-state index is -0.159. The van der Waals surface area contributed by atoms with E-state index in [4.69, 9.17) is 10.6 Å². The number of nitrogens with two attached hydrogens (primary N) is 1. The minimum Gasteiger partial charge on any atom is -0.497 e. The molecule has 1 heterocycles. The fourth-order valence-electron chi connectivity index (χ4n) is 2.46. The van der Waals surface area contributed by atoms with Crippen molar-refractivity contribution in [2.45, 2.75) is 19.0 Å². The van der Waals surface area contributed by atoms with Crippen molar-refractivity contribution in [2.75, 3.05) is 29.4 Å². The van der Waals surface area contributed by atoms with Crippen LogP contribution in [0.15, 0.2) is 58.8 Å². The maximum atomic E-state index is 12.1. The van der Waals surface area contributed by atoms with Crippen molar-refractivity contribution in [3.05, 3.63) is 59.7 Å². The highest BCUT2D eigenvalue weighted by Gasteiger charge is 2.12. The van der Waals surface area contributed by atoms with Crippen LogP contribution in [-0.4, -0.2) is 39.4 Å². The number of thioether (sulfide) groups is 1. The van der Waals surface area contributed by atoms with Gasteiger partial charge in [-0.15, -0.1) is 10.2 Å². The Morgan fingerprint density at radius 3 is 2.73 bits per heavy atom. The van der Waals surface area contributed by atoms with Crippen LogP contribution < -0.4 is 21.3 Å². The van der Waals surface area contributed by atoms with E-state index in [1.54, 1.807) is 7.11 Å². The average Bonchev–Trinajstić information content (AvgIpc) is 3.11. The SMILES string of the molecule is COc1cccc(/C(C)=N/Nc2nnc(SCC(=O)Nc3ccc(C)cc3)n2N)c1. The van der Waals surface area contributed by atoms with E-state index < -0.39 is 0 Å². The molecule has 0 aliphatic heterocycles. The molecule has 0 bridgehead atoms. The van der Waals surface area contributed by atoms with Gasteiger partial charge >= 0.3 is 0 Å². The first-order valence-corrected chi connectivity index (χ1v) is 10.1. The van der Waals surface area contributed by atoms with Crippen LogP contribution in [0.1, 0.15) is 18.1 Å². The van der Waals surface area contributed by atoms with E-state index in [-0.39, 0.29) is 17.6 Å². The average molecular weight is 426 g/mol. The van der Waals surface area contributed by atoms with Gasteiger partial charge in [0.15, 0.2) is 0 Å². The van der Waals surface area contributed by atoms with Crippen LogP contribution in [0.2, 0.25) is 0 Å². The second-order valence-corrected chi connectivity index (χ2v) is 7.36. The van der Waals surface area contributed by atoms with Crippen molar-refractivity contribution in [3.63, 3.8) is 0 Å². The molecular formula is C20H23N7O2S. The van der Waals surface area contributed by atoms with Crippen LogP contribution in [0.4, 0.5) is 11.6 Å². The summed E-state index contributed by atoms with van der Waals surface area (Å²) in [4.78, 5) is 12.1. The highest BCUT2D eigenvalue weighted by molar-refractivity contribution is 7.99. The third-order valence-electron chi connectivity index (χ3n) is 4.14. The molecule has 0 saturated heterocycles. The van der Waals surface area contributed by atoms with E-state index in [1.165, 1.54) is 16.4 Å². The maximum Gasteiger partial charge on any atom is 0.264 e. The van der Waals surface area contributed by atoms with Gasteiger partial charge in [-0.3, -0.25) is 4.79 Å². The molecule has 2 aromatic carbocycles. The number of nitrogens with zero attached hydrogens (tertiary/aromatic N) is 4. The molecule has 10 heteroatoms. The molecule has 30 heavy (non-hydrogen) atoms. The number of aryl methyl sites for hydroxylation is 1. The third-order valence-corrected chi connectivity index (χ3v) is 5.09. The number of aromatic nitrogens is 3. The summed E-state index contributed by atoms with van der Waals surface area (Å²) >= 11 is 1.18. The Bertz CT molecular complexity index is 1050. The van der Waals surface area contributed by atoms with Crippen molar-refractivity contribution in [2.24, 2.45) is 5.10 Å². The Morgan fingerprint density at radius 1 is 1.23 bits per heavy atom. The first-order chi connectivity index (χ1) is 14.5. The van der Waals surface area contributed by atoms with Gasteiger partial charge in [0, 0.05) is 11.3 Å². The number of anilines is 2. The lowest BCUT2D eigenvalue weighted by Gasteiger charge is -2.06.